The monoisotopic (exact) mass is 344 g/mol. The van der Waals surface area contributed by atoms with E-state index in [-0.39, 0.29) is 6.03 Å². The lowest BCUT2D eigenvalue weighted by atomic mass is 10.0. The van der Waals surface area contributed by atoms with Crippen molar-refractivity contribution in [1.82, 2.24) is 15.1 Å². The summed E-state index contributed by atoms with van der Waals surface area (Å²) in [6.45, 7) is 8.35. The van der Waals surface area contributed by atoms with E-state index in [1.165, 1.54) is 24.1 Å². The highest BCUT2D eigenvalue weighted by Crippen LogP contribution is 2.24. The number of anilines is 1. The summed E-state index contributed by atoms with van der Waals surface area (Å²) in [7, 11) is 1.94. The lowest BCUT2D eigenvalue weighted by Gasteiger charge is -2.36. The molecule has 0 radical (unpaired) electrons. The standard InChI is InChI=1S/C20H32N4O/c1-3-23-14-10-18(11-15-23)22(2)20(25)21-16-17-8-4-5-9-19(17)24-12-6-7-13-24/h4-5,8-9,18H,3,6-7,10-16H2,1-2H3,(H,21,25). The zero-order valence-corrected chi connectivity index (χ0v) is 15.7. The van der Waals surface area contributed by atoms with Crippen molar-refractivity contribution in [3.63, 3.8) is 0 Å². The van der Waals surface area contributed by atoms with Crippen molar-refractivity contribution in [2.75, 3.05) is 44.7 Å². The summed E-state index contributed by atoms with van der Waals surface area (Å²) in [5.41, 5.74) is 2.49. The highest BCUT2D eigenvalue weighted by molar-refractivity contribution is 5.74. The highest BCUT2D eigenvalue weighted by atomic mass is 16.2. The number of likely N-dealkylation sites (tertiary alicyclic amines) is 1. The first-order valence-electron chi connectivity index (χ1n) is 9.75. The second kappa shape index (κ2) is 8.56. The summed E-state index contributed by atoms with van der Waals surface area (Å²) < 4.78 is 0. The van der Waals surface area contributed by atoms with Gasteiger partial charge in [0.1, 0.15) is 0 Å². The molecule has 0 saturated carbocycles. The molecule has 138 valence electrons. The van der Waals surface area contributed by atoms with E-state index in [1.54, 1.807) is 0 Å². The summed E-state index contributed by atoms with van der Waals surface area (Å²) >= 11 is 0. The van der Waals surface area contributed by atoms with Crippen molar-refractivity contribution in [1.29, 1.82) is 0 Å². The normalized spacial score (nSPS) is 19.2. The van der Waals surface area contributed by atoms with E-state index < -0.39 is 0 Å². The Balaban J connectivity index is 1.54. The van der Waals surface area contributed by atoms with E-state index in [0.29, 0.717) is 12.6 Å². The molecule has 2 saturated heterocycles. The number of piperidine rings is 1. The van der Waals surface area contributed by atoms with Crippen LogP contribution in [0.25, 0.3) is 0 Å². The van der Waals surface area contributed by atoms with Crippen LogP contribution in [0, 0.1) is 0 Å². The molecular weight excluding hydrogens is 312 g/mol. The third-order valence-corrected chi connectivity index (χ3v) is 5.74. The Labute approximate surface area is 152 Å². The molecule has 0 unspecified atom stereocenters. The fourth-order valence-electron chi connectivity index (χ4n) is 4.01. The minimum atomic E-state index is 0.0474. The number of nitrogens with one attached hydrogen (secondary N) is 1. The van der Waals surface area contributed by atoms with Gasteiger partial charge in [0.2, 0.25) is 0 Å². The molecule has 0 bridgehead atoms. The summed E-state index contributed by atoms with van der Waals surface area (Å²) in [5.74, 6) is 0. The Morgan fingerprint density at radius 1 is 1.16 bits per heavy atom. The largest absolute Gasteiger partial charge is 0.371 e. The second-order valence-corrected chi connectivity index (χ2v) is 7.26. The summed E-state index contributed by atoms with van der Waals surface area (Å²) in [6, 6.07) is 8.87. The Bertz CT molecular complexity index is 563. The van der Waals surface area contributed by atoms with Gasteiger partial charge in [-0.1, -0.05) is 25.1 Å². The van der Waals surface area contributed by atoms with Crippen LogP contribution in [0.4, 0.5) is 10.5 Å². The second-order valence-electron chi connectivity index (χ2n) is 7.26. The van der Waals surface area contributed by atoms with Gasteiger partial charge in [-0.3, -0.25) is 0 Å². The van der Waals surface area contributed by atoms with E-state index in [0.717, 1.165) is 45.6 Å². The first-order valence-corrected chi connectivity index (χ1v) is 9.75. The van der Waals surface area contributed by atoms with Crippen LogP contribution < -0.4 is 10.2 Å². The fourth-order valence-corrected chi connectivity index (χ4v) is 4.01. The van der Waals surface area contributed by atoms with Crippen LogP contribution >= 0.6 is 0 Å². The lowest BCUT2D eigenvalue weighted by molar-refractivity contribution is 0.138. The van der Waals surface area contributed by atoms with Gasteiger partial charge in [0, 0.05) is 51.5 Å². The number of carbonyl (C=O) groups excluding carboxylic acids is 1. The Morgan fingerprint density at radius 2 is 1.84 bits per heavy atom. The number of amides is 2. The summed E-state index contributed by atoms with van der Waals surface area (Å²) in [6.07, 6.45) is 4.67. The minimum Gasteiger partial charge on any atom is -0.371 e. The molecule has 0 spiro atoms. The number of nitrogens with zero attached hydrogens (tertiary/aromatic N) is 3. The molecule has 2 aliphatic rings. The molecule has 2 fully saturated rings. The third-order valence-electron chi connectivity index (χ3n) is 5.74. The SMILES string of the molecule is CCN1CCC(N(C)C(=O)NCc2ccccc2N2CCCC2)CC1. The number of hydrogen-bond acceptors (Lipinski definition) is 3. The maximum absolute atomic E-state index is 12.6. The predicted molar refractivity (Wildman–Crippen MR) is 103 cm³/mol. The Hall–Kier alpha value is -1.75. The van der Waals surface area contributed by atoms with Crippen molar-refractivity contribution in [2.45, 2.75) is 45.2 Å². The molecule has 1 aromatic carbocycles. The maximum atomic E-state index is 12.6. The molecule has 2 amide bonds. The van der Waals surface area contributed by atoms with Gasteiger partial charge in [0.25, 0.3) is 0 Å². The smallest absolute Gasteiger partial charge is 0.317 e. The van der Waals surface area contributed by atoms with Gasteiger partial charge in [-0.25, -0.2) is 4.79 Å². The quantitative estimate of drug-likeness (QED) is 0.893. The number of carbonyl (C=O) groups is 1. The van der Waals surface area contributed by atoms with Crippen LogP contribution in [0.3, 0.4) is 0 Å². The maximum Gasteiger partial charge on any atom is 0.317 e. The molecule has 0 atom stereocenters. The van der Waals surface area contributed by atoms with Gasteiger partial charge in [-0.15, -0.1) is 0 Å². The molecule has 0 aliphatic carbocycles. The lowest BCUT2D eigenvalue weighted by Crippen LogP contribution is -2.48. The van der Waals surface area contributed by atoms with Crippen molar-refractivity contribution in [3.05, 3.63) is 29.8 Å². The molecule has 1 N–H and O–H groups in total. The minimum absolute atomic E-state index is 0.0474. The molecule has 3 rings (SSSR count). The van der Waals surface area contributed by atoms with Crippen LogP contribution in [-0.4, -0.2) is 61.6 Å². The van der Waals surface area contributed by atoms with Gasteiger partial charge < -0.3 is 20.0 Å². The average molecular weight is 345 g/mol. The van der Waals surface area contributed by atoms with Gasteiger partial charge in [-0.2, -0.15) is 0 Å². The van der Waals surface area contributed by atoms with Gasteiger partial charge in [0.15, 0.2) is 0 Å². The van der Waals surface area contributed by atoms with Crippen molar-refractivity contribution in [2.24, 2.45) is 0 Å². The number of benzene rings is 1. The average Bonchev–Trinajstić information content (AvgIpc) is 3.20. The number of urea groups is 1. The highest BCUT2D eigenvalue weighted by Gasteiger charge is 2.24. The van der Waals surface area contributed by atoms with Gasteiger partial charge in [0.05, 0.1) is 0 Å². The zero-order valence-electron chi connectivity index (χ0n) is 15.7. The molecule has 0 aromatic heterocycles. The molecule has 5 heteroatoms. The molecule has 25 heavy (non-hydrogen) atoms. The van der Waals surface area contributed by atoms with Crippen LogP contribution in [0.2, 0.25) is 0 Å². The topological polar surface area (TPSA) is 38.8 Å². The van der Waals surface area contributed by atoms with Crippen molar-refractivity contribution in [3.8, 4) is 0 Å². The van der Waals surface area contributed by atoms with Crippen LogP contribution in [0.15, 0.2) is 24.3 Å². The Morgan fingerprint density at radius 3 is 2.52 bits per heavy atom. The molecule has 5 nitrogen and oxygen atoms in total. The zero-order chi connectivity index (χ0) is 17.6. The van der Waals surface area contributed by atoms with Crippen LogP contribution in [0.5, 0.6) is 0 Å². The van der Waals surface area contributed by atoms with E-state index in [1.807, 2.05) is 11.9 Å². The van der Waals surface area contributed by atoms with Gasteiger partial charge >= 0.3 is 6.03 Å². The van der Waals surface area contributed by atoms with E-state index in [4.69, 9.17) is 0 Å². The molecule has 1 aromatic rings. The molecule has 2 heterocycles. The van der Waals surface area contributed by atoms with Crippen LogP contribution in [-0.2, 0) is 6.54 Å². The molecular formula is C20H32N4O. The summed E-state index contributed by atoms with van der Waals surface area (Å²) in [4.78, 5) is 19.4. The van der Waals surface area contributed by atoms with Gasteiger partial charge in [-0.05, 0) is 43.9 Å². The number of para-hydroxylation sites is 1. The van der Waals surface area contributed by atoms with E-state index in [9.17, 15) is 4.79 Å². The predicted octanol–water partition coefficient (Wildman–Crippen LogP) is 2.91. The first-order chi connectivity index (χ1) is 12.2. The number of hydrogen-bond donors (Lipinski definition) is 1. The number of rotatable bonds is 5. The molecule has 2 aliphatic heterocycles. The third kappa shape index (κ3) is 4.46. The van der Waals surface area contributed by atoms with Crippen LogP contribution in [0.1, 0.15) is 38.2 Å². The fraction of sp³-hybridized carbons (Fsp3) is 0.650. The first kappa shape index (κ1) is 18.1. The van der Waals surface area contributed by atoms with E-state index in [2.05, 4.69) is 46.3 Å². The van der Waals surface area contributed by atoms with Crippen molar-refractivity contribution >= 4 is 11.7 Å². The van der Waals surface area contributed by atoms with E-state index >= 15 is 0 Å². The van der Waals surface area contributed by atoms with Crippen molar-refractivity contribution < 1.29 is 4.79 Å². The summed E-state index contributed by atoms with van der Waals surface area (Å²) in [5, 5.41) is 3.13. The Kier molecular flexibility index (Phi) is 6.19.